The standard InChI is InChI=1S/C27H24Cl3N3O3/c1-5-31-26(35)33-22-19-13-18(14-6-8-15(28)9-7-14)21(17-11-10-16(29)12-20(17)30)32-25(19)36-23(22)24(34)27(2,3)4/h6-13H,5H2,1-4H3,(H2,31,33,35). The normalized spacial score (nSPS) is 11.5. The Morgan fingerprint density at radius 2 is 1.61 bits per heavy atom. The van der Waals surface area contributed by atoms with Crippen LogP contribution in [-0.2, 0) is 0 Å². The van der Waals surface area contributed by atoms with Crippen LogP contribution in [0.2, 0.25) is 15.1 Å². The van der Waals surface area contributed by atoms with Crippen molar-refractivity contribution >= 4 is 63.4 Å². The minimum Gasteiger partial charge on any atom is -0.432 e. The molecule has 2 aromatic carbocycles. The maximum absolute atomic E-state index is 13.3. The van der Waals surface area contributed by atoms with Crippen molar-refractivity contribution in [2.45, 2.75) is 27.7 Å². The van der Waals surface area contributed by atoms with Crippen molar-refractivity contribution in [3.8, 4) is 22.4 Å². The van der Waals surface area contributed by atoms with E-state index in [0.717, 1.165) is 5.56 Å². The third-order valence-corrected chi connectivity index (χ3v) is 6.29. The number of hydrogen-bond acceptors (Lipinski definition) is 4. The highest BCUT2D eigenvalue weighted by Gasteiger charge is 2.32. The molecule has 0 fully saturated rings. The van der Waals surface area contributed by atoms with Crippen molar-refractivity contribution in [1.29, 1.82) is 0 Å². The van der Waals surface area contributed by atoms with Gasteiger partial charge in [-0.05, 0) is 48.9 Å². The Labute approximate surface area is 223 Å². The zero-order valence-corrected chi connectivity index (χ0v) is 22.4. The van der Waals surface area contributed by atoms with Gasteiger partial charge < -0.3 is 15.1 Å². The minimum atomic E-state index is -0.757. The average Bonchev–Trinajstić information content (AvgIpc) is 3.15. The molecule has 0 radical (unpaired) electrons. The van der Waals surface area contributed by atoms with Crippen LogP contribution in [0.5, 0.6) is 0 Å². The summed E-state index contributed by atoms with van der Waals surface area (Å²) in [7, 11) is 0. The van der Waals surface area contributed by atoms with Crippen molar-refractivity contribution in [2.24, 2.45) is 5.41 Å². The number of ketones is 1. The number of nitrogens with one attached hydrogen (secondary N) is 2. The molecule has 9 heteroatoms. The Kier molecular flexibility index (Phi) is 7.32. The van der Waals surface area contributed by atoms with E-state index in [1.54, 1.807) is 58.0 Å². The fourth-order valence-electron chi connectivity index (χ4n) is 3.70. The molecule has 0 aliphatic carbocycles. The molecule has 36 heavy (non-hydrogen) atoms. The largest absolute Gasteiger partial charge is 0.432 e. The predicted molar refractivity (Wildman–Crippen MR) is 146 cm³/mol. The number of hydrogen-bond donors (Lipinski definition) is 2. The molecule has 0 saturated heterocycles. The molecule has 0 atom stereocenters. The van der Waals surface area contributed by atoms with E-state index in [1.165, 1.54) is 0 Å². The van der Waals surface area contributed by atoms with Crippen molar-refractivity contribution in [2.75, 3.05) is 11.9 Å². The molecule has 0 aliphatic rings. The van der Waals surface area contributed by atoms with Crippen LogP contribution in [0.4, 0.5) is 10.5 Å². The highest BCUT2D eigenvalue weighted by atomic mass is 35.5. The van der Waals surface area contributed by atoms with Crippen LogP contribution >= 0.6 is 34.8 Å². The molecule has 4 rings (SSSR count). The van der Waals surface area contributed by atoms with Gasteiger partial charge in [0.25, 0.3) is 0 Å². The van der Waals surface area contributed by atoms with Gasteiger partial charge in [-0.3, -0.25) is 4.79 Å². The van der Waals surface area contributed by atoms with Gasteiger partial charge in [0.15, 0.2) is 5.76 Å². The monoisotopic (exact) mass is 543 g/mol. The van der Waals surface area contributed by atoms with Gasteiger partial charge in [-0.15, -0.1) is 0 Å². The first kappa shape index (κ1) is 26.0. The Hall–Kier alpha value is -3.06. The van der Waals surface area contributed by atoms with Gasteiger partial charge in [0.1, 0.15) is 5.69 Å². The molecule has 2 amide bonds. The molecule has 0 unspecified atom stereocenters. The summed E-state index contributed by atoms with van der Waals surface area (Å²) in [5.74, 6) is -0.246. The topological polar surface area (TPSA) is 84.2 Å². The third-order valence-electron chi connectivity index (χ3n) is 5.49. The smallest absolute Gasteiger partial charge is 0.319 e. The fourth-order valence-corrected chi connectivity index (χ4v) is 4.33. The molecular formula is C27H24Cl3N3O3. The van der Waals surface area contributed by atoms with Crippen molar-refractivity contribution in [3.63, 3.8) is 0 Å². The lowest BCUT2D eigenvalue weighted by Crippen LogP contribution is -2.29. The quantitative estimate of drug-likeness (QED) is 0.247. The number of halogens is 3. The molecule has 0 saturated carbocycles. The molecule has 186 valence electrons. The summed E-state index contributed by atoms with van der Waals surface area (Å²) in [5, 5.41) is 7.43. The molecule has 2 N–H and O–H groups in total. The van der Waals surface area contributed by atoms with Crippen LogP contribution in [0, 0.1) is 5.41 Å². The van der Waals surface area contributed by atoms with Crippen LogP contribution in [0.15, 0.2) is 52.9 Å². The lowest BCUT2D eigenvalue weighted by atomic mass is 9.89. The van der Waals surface area contributed by atoms with Gasteiger partial charge in [-0.25, -0.2) is 9.78 Å². The number of fused-ring (bicyclic) bond motifs is 1. The number of urea groups is 1. The maximum atomic E-state index is 13.3. The number of rotatable bonds is 5. The first-order valence-corrected chi connectivity index (χ1v) is 12.4. The van der Waals surface area contributed by atoms with Gasteiger partial charge in [-0.1, -0.05) is 67.7 Å². The predicted octanol–water partition coefficient (Wildman–Crippen LogP) is 8.49. The van der Waals surface area contributed by atoms with Crippen LogP contribution in [0.1, 0.15) is 38.2 Å². The number of benzene rings is 2. The number of carbonyl (C=O) groups excluding carboxylic acids is 2. The van der Waals surface area contributed by atoms with Gasteiger partial charge in [-0.2, -0.15) is 0 Å². The number of carbonyl (C=O) groups is 2. The molecule has 0 spiro atoms. The highest BCUT2D eigenvalue weighted by molar-refractivity contribution is 6.36. The van der Waals surface area contributed by atoms with E-state index in [2.05, 4.69) is 10.6 Å². The van der Waals surface area contributed by atoms with Crippen LogP contribution < -0.4 is 10.6 Å². The summed E-state index contributed by atoms with van der Waals surface area (Å²) in [6.07, 6.45) is 0. The fraction of sp³-hybridized carbons (Fsp3) is 0.222. The van der Waals surface area contributed by atoms with E-state index >= 15 is 0 Å². The second-order valence-corrected chi connectivity index (χ2v) is 10.5. The van der Waals surface area contributed by atoms with E-state index in [0.29, 0.717) is 43.8 Å². The number of aromatic nitrogens is 1. The summed E-state index contributed by atoms with van der Waals surface area (Å²) in [6, 6.07) is 13.8. The lowest BCUT2D eigenvalue weighted by Gasteiger charge is -2.15. The first-order chi connectivity index (χ1) is 17.0. The zero-order chi connectivity index (χ0) is 26.2. The van der Waals surface area contributed by atoms with E-state index < -0.39 is 11.4 Å². The van der Waals surface area contributed by atoms with Gasteiger partial charge >= 0.3 is 6.03 Å². The van der Waals surface area contributed by atoms with Gasteiger partial charge in [0, 0.05) is 33.1 Å². The number of Topliss-reactive ketones (excluding diaryl/α,β-unsaturated/α-hetero) is 1. The Balaban J connectivity index is 2.05. The second-order valence-electron chi connectivity index (χ2n) is 9.24. The number of pyridine rings is 1. The number of furan rings is 1. The Bertz CT molecular complexity index is 1470. The second kappa shape index (κ2) is 10.1. The van der Waals surface area contributed by atoms with E-state index in [4.69, 9.17) is 44.2 Å². The molecule has 0 aliphatic heterocycles. The molecule has 6 nitrogen and oxygen atoms in total. The molecule has 4 aromatic rings. The highest BCUT2D eigenvalue weighted by Crippen LogP contribution is 2.42. The summed E-state index contributed by atoms with van der Waals surface area (Å²) in [6.45, 7) is 7.56. The summed E-state index contributed by atoms with van der Waals surface area (Å²) in [4.78, 5) is 30.6. The van der Waals surface area contributed by atoms with E-state index in [1.807, 2.05) is 18.2 Å². The molecule has 2 heterocycles. The Morgan fingerprint density at radius 1 is 0.944 bits per heavy atom. The molecule has 2 aromatic heterocycles. The summed E-state index contributed by atoms with van der Waals surface area (Å²) >= 11 is 18.8. The van der Waals surface area contributed by atoms with Gasteiger partial charge in [0.05, 0.1) is 16.1 Å². The maximum Gasteiger partial charge on any atom is 0.319 e. The number of anilines is 1. The summed E-state index contributed by atoms with van der Waals surface area (Å²) in [5.41, 5.74) is 2.36. The zero-order valence-electron chi connectivity index (χ0n) is 20.1. The van der Waals surface area contributed by atoms with Crippen LogP contribution in [0.25, 0.3) is 33.5 Å². The first-order valence-electron chi connectivity index (χ1n) is 11.3. The number of nitrogens with zero attached hydrogens (tertiary/aromatic N) is 1. The van der Waals surface area contributed by atoms with Crippen molar-refractivity contribution in [1.82, 2.24) is 10.3 Å². The Morgan fingerprint density at radius 3 is 2.22 bits per heavy atom. The van der Waals surface area contributed by atoms with Crippen molar-refractivity contribution in [3.05, 3.63) is 69.4 Å². The van der Waals surface area contributed by atoms with E-state index in [-0.39, 0.29) is 22.9 Å². The molecular weight excluding hydrogens is 521 g/mol. The number of amides is 2. The van der Waals surface area contributed by atoms with Gasteiger partial charge in [0.2, 0.25) is 11.5 Å². The lowest BCUT2D eigenvalue weighted by molar-refractivity contribution is 0.0831. The molecule has 0 bridgehead atoms. The van der Waals surface area contributed by atoms with Crippen LogP contribution in [0.3, 0.4) is 0 Å². The summed E-state index contributed by atoms with van der Waals surface area (Å²) < 4.78 is 6.01. The SMILES string of the molecule is CCNC(=O)Nc1c(C(=O)C(C)(C)C)oc2nc(-c3ccc(Cl)cc3Cl)c(-c3ccc(Cl)cc3)cc12. The third kappa shape index (κ3) is 5.21. The van der Waals surface area contributed by atoms with Crippen molar-refractivity contribution < 1.29 is 14.0 Å². The minimum absolute atomic E-state index is 0.0256. The van der Waals surface area contributed by atoms with Crippen LogP contribution in [-0.4, -0.2) is 23.3 Å². The van der Waals surface area contributed by atoms with E-state index in [9.17, 15) is 9.59 Å². The average molecular weight is 545 g/mol.